The van der Waals surface area contributed by atoms with Crippen LogP contribution in [-0.2, 0) is 14.3 Å². The van der Waals surface area contributed by atoms with E-state index in [4.69, 9.17) is 9.47 Å². The van der Waals surface area contributed by atoms with E-state index in [1.807, 2.05) is 6.92 Å². The third kappa shape index (κ3) is 6.18. The molecule has 8 atom stereocenters. The van der Waals surface area contributed by atoms with Crippen molar-refractivity contribution in [3.63, 3.8) is 0 Å². The molecule has 3 saturated carbocycles. The van der Waals surface area contributed by atoms with Crippen molar-refractivity contribution in [1.82, 2.24) is 0 Å². The topological polar surface area (TPSA) is 65.0 Å². The smallest absolute Gasteiger partial charge is 0.312 e. The van der Waals surface area contributed by atoms with Gasteiger partial charge in [0.1, 0.15) is 12.6 Å². The van der Waals surface area contributed by atoms with Crippen LogP contribution in [0.3, 0.4) is 0 Å². The molecule has 0 bridgehead atoms. The number of nitrogens with zero attached hydrogens (tertiary/aromatic N) is 1. The van der Waals surface area contributed by atoms with Crippen molar-refractivity contribution in [2.24, 2.45) is 51.5 Å². The summed E-state index contributed by atoms with van der Waals surface area (Å²) in [6.07, 6.45) is 10.9. The number of hydrogen-bond donors (Lipinski definition) is 0. The fraction of sp³-hybridized carbons (Fsp3) is 0.968. The third-order valence-corrected chi connectivity index (χ3v) is 10.8. The molecule has 0 aliphatic heterocycles. The van der Waals surface area contributed by atoms with Crippen LogP contribution in [0.25, 0.3) is 0 Å². The average molecular weight is 506 g/mol. The summed E-state index contributed by atoms with van der Waals surface area (Å²) < 4.78 is 12.1. The largest absolute Gasteiger partial charge is 0.463 e. The second-order valence-electron chi connectivity index (χ2n) is 14.2. The molecule has 0 aromatic heterocycles. The first-order chi connectivity index (χ1) is 16.9. The highest BCUT2D eigenvalue weighted by Gasteiger charge is 2.59. The molecule has 3 aliphatic carbocycles. The Hall–Kier alpha value is -0.970. The zero-order chi connectivity index (χ0) is 26.7. The fourth-order valence-corrected chi connectivity index (χ4v) is 8.36. The van der Waals surface area contributed by atoms with E-state index in [0.717, 1.165) is 49.4 Å². The van der Waals surface area contributed by atoms with Gasteiger partial charge in [-0.1, -0.05) is 53.1 Å². The van der Waals surface area contributed by atoms with E-state index in [9.17, 15) is 9.70 Å². The summed E-state index contributed by atoms with van der Waals surface area (Å²) in [5, 5.41) is 3.35. The molecular formula is C31H55NO4. The molecule has 3 aliphatic rings. The Bertz CT molecular complexity index is 753. The Morgan fingerprint density at radius 2 is 1.78 bits per heavy atom. The standard InChI is InChI=1S/C31H55NO4/c1-9-29(6,36-19-21(2)3)18-25(32-34)20-35-28(33)31(8)16-10-15-30(7)26-13-11-23(22(4)5)17-24(26)12-14-27(30)31/h21-27H,9-20H2,1-8H3. The molecule has 36 heavy (non-hydrogen) atoms. The first kappa shape index (κ1) is 29.6. The Kier molecular flexibility index (Phi) is 9.72. The maximum Gasteiger partial charge on any atom is 0.312 e. The van der Waals surface area contributed by atoms with Crippen molar-refractivity contribution < 1.29 is 14.3 Å². The molecule has 0 aromatic carbocycles. The Balaban J connectivity index is 1.66. The number of carbonyl (C=O) groups is 1. The summed E-state index contributed by atoms with van der Waals surface area (Å²) >= 11 is 0. The normalized spacial score (nSPS) is 37.1. The molecule has 5 nitrogen and oxygen atoms in total. The van der Waals surface area contributed by atoms with Gasteiger partial charge in [0.25, 0.3) is 0 Å². The SMILES string of the molecule is CCC(C)(CC(COC(=O)C1(C)CCCC2(C)C3CCC(C(C)C)CC3CCC12)N=O)OCC(C)C. The van der Waals surface area contributed by atoms with Gasteiger partial charge in [0.15, 0.2) is 0 Å². The molecule has 0 aromatic rings. The monoisotopic (exact) mass is 505 g/mol. The minimum atomic E-state index is -0.577. The van der Waals surface area contributed by atoms with Crippen LogP contribution in [0.5, 0.6) is 0 Å². The van der Waals surface area contributed by atoms with Crippen LogP contribution < -0.4 is 0 Å². The summed E-state index contributed by atoms with van der Waals surface area (Å²) in [6.45, 7) is 18.5. The number of hydrogen-bond acceptors (Lipinski definition) is 5. The molecule has 0 N–H and O–H groups in total. The van der Waals surface area contributed by atoms with Crippen LogP contribution in [-0.4, -0.2) is 30.8 Å². The summed E-state index contributed by atoms with van der Waals surface area (Å²) in [4.78, 5) is 25.4. The summed E-state index contributed by atoms with van der Waals surface area (Å²) in [7, 11) is 0. The van der Waals surface area contributed by atoms with Crippen LogP contribution in [0.1, 0.15) is 120 Å². The lowest BCUT2D eigenvalue weighted by molar-refractivity contribution is -0.180. The van der Waals surface area contributed by atoms with Crippen LogP contribution in [0.2, 0.25) is 0 Å². The zero-order valence-electron chi connectivity index (χ0n) is 24.6. The van der Waals surface area contributed by atoms with E-state index in [1.54, 1.807) is 0 Å². The van der Waals surface area contributed by atoms with Gasteiger partial charge in [-0.25, -0.2) is 0 Å². The lowest BCUT2D eigenvalue weighted by Gasteiger charge is -2.61. The van der Waals surface area contributed by atoms with Gasteiger partial charge in [0.2, 0.25) is 0 Å². The Labute approximate surface area is 221 Å². The van der Waals surface area contributed by atoms with E-state index in [1.165, 1.54) is 32.1 Å². The van der Waals surface area contributed by atoms with Gasteiger partial charge in [-0.05, 0) is 106 Å². The molecule has 3 rings (SSSR count). The number of fused-ring (bicyclic) bond motifs is 3. The Morgan fingerprint density at radius 1 is 1.06 bits per heavy atom. The summed E-state index contributed by atoms with van der Waals surface area (Å²) in [5.74, 6) is 3.85. The zero-order valence-corrected chi connectivity index (χ0v) is 24.6. The van der Waals surface area contributed by atoms with Gasteiger partial charge in [-0.2, -0.15) is 4.91 Å². The van der Waals surface area contributed by atoms with Crippen molar-refractivity contribution in [2.45, 2.75) is 131 Å². The van der Waals surface area contributed by atoms with Crippen molar-refractivity contribution in [3.05, 3.63) is 4.91 Å². The van der Waals surface area contributed by atoms with Gasteiger partial charge in [0, 0.05) is 13.0 Å². The molecule has 0 saturated heterocycles. The molecule has 8 unspecified atom stereocenters. The van der Waals surface area contributed by atoms with Gasteiger partial charge >= 0.3 is 5.97 Å². The van der Waals surface area contributed by atoms with E-state index >= 15 is 0 Å². The highest BCUT2D eigenvalue weighted by molar-refractivity contribution is 5.77. The minimum absolute atomic E-state index is 0.0596. The predicted octanol–water partition coefficient (Wildman–Crippen LogP) is 8.19. The highest BCUT2D eigenvalue weighted by Crippen LogP contribution is 2.64. The third-order valence-electron chi connectivity index (χ3n) is 10.8. The van der Waals surface area contributed by atoms with Gasteiger partial charge < -0.3 is 9.47 Å². The lowest BCUT2D eigenvalue weighted by Crippen LogP contribution is -2.56. The summed E-state index contributed by atoms with van der Waals surface area (Å²) in [6, 6.07) is -0.577. The molecule has 0 heterocycles. The number of rotatable bonds is 11. The van der Waals surface area contributed by atoms with E-state index < -0.39 is 17.1 Å². The first-order valence-electron chi connectivity index (χ1n) is 15.0. The van der Waals surface area contributed by atoms with Gasteiger partial charge in [0.05, 0.1) is 11.0 Å². The average Bonchev–Trinajstić information content (AvgIpc) is 2.84. The van der Waals surface area contributed by atoms with E-state index in [0.29, 0.717) is 24.9 Å². The van der Waals surface area contributed by atoms with Crippen molar-refractivity contribution in [3.8, 4) is 0 Å². The van der Waals surface area contributed by atoms with Crippen molar-refractivity contribution in [2.75, 3.05) is 13.2 Å². The summed E-state index contributed by atoms with van der Waals surface area (Å²) in [5.41, 5.74) is -0.692. The maximum atomic E-state index is 13.7. The van der Waals surface area contributed by atoms with Crippen LogP contribution in [0, 0.1) is 51.2 Å². The van der Waals surface area contributed by atoms with E-state index in [2.05, 4.69) is 53.6 Å². The minimum Gasteiger partial charge on any atom is -0.463 e. The molecule has 3 fully saturated rings. The Morgan fingerprint density at radius 3 is 2.39 bits per heavy atom. The number of carbonyl (C=O) groups excluding carboxylic acids is 1. The predicted molar refractivity (Wildman–Crippen MR) is 147 cm³/mol. The highest BCUT2D eigenvalue weighted by atomic mass is 16.5. The quantitative estimate of drug-likeness (QED) is 0.210. The molecule has 0 spiro atoms. The van der Waals surface area contributed by atoms with Crippen molar-refractivity contribution >= 4 is 5.97 Å². The van der Waals surface area contributed by atoms with Crippen LogP contribution in [0.4, 0.5) is 0 Å². The number of esters is 1. The van der Waals surface area contributed by atoms with Crippen LogP contribution >= 0.6 is 0 Å². The number of ether oxygens (including phenoxy) is 2. The molecule has 0 amide bonds. The van der Waals surface area contributed by atoms with E-state index in [-0.39, 0.29) is 18.0 Å². The number of nitroso groups, excluding NO2 is 1. The fourth-order valence-electron chi connectivity index (χ4n) is 8.36. The molecule has 208 valence electrons. The van der Waals surface area contributed by atoms with Gasteiger partial charge in [-0.15, -0.1) is 0 Å². The lowest BCUT2D eigenvalue weighted by atomic mass is 9.43. The molecule has 0 radical (unpaired) electrons. The maximum absolute atomic E-state index is 13.7. The molecule has 5 heteroatoms. The first-order valence-corrected chi connectivity index (χ1v) is 15.0. The van der Waals surface area contributed by atoms with Crippen LogP contribution in [0.15, 0.2) is 5.18 Å². The second-order valence-corrected chi connectivity index (χ2v) is 14.2. The molecular weight excluding hydrogens is 450 g/mol. The second kappa shape index (κ2) is 11.8. The van der Waals surface area contributed by atoms with Gasteiger partial charge in [-0.3, -0.25) is 4.79 Å². The van der Waals surface area contributed by atoms with Crippen molar-refractivity contribution in [1.29, 1.82) is 0 Å².